The molecule has 0 saturated carbocycles. The molecule has 0 heterocycles. The van der Waals surface area contributed by atoms with E-state index < -0.39 is 54.5 Å². The van der Waals surface area contributed by atoms with Gasteiger partial charge in [0.1, 0.15) is 0 Å². The van der Waals surface area contributed by atoms with Gasteiger partial charge in [0.05, 0.1) is 15.9 Å². The van der Waals surface area contributed by atoms with Gasteiger partial charge in [0, 0.05) is 13.5 Å². The molecule has 0 aliphatic rings. The molecule has 0 radical (unpaired) electrons. The van der Waals surface area contributed by atoms with Gasteiger partial charge < -0.3 is 13.7 Å². The van der Waals surface area contributed by atoms with Crippen molar-refractivity contribution in [1.82, 2.24) is 0 Å². The maximum Gasteiger partial charge on any atom is 0.438 e. The zero-order valence-electron chi connectivity index (χ0n) is 16.4. The van der Waals surface area contributed by atoms with Gasteiger partial charge in [0.15, 0.2) is 8.32 Å². The highest BCUT2D eigenvalue weighted by molar-refractivity contribution is 7.85. The monoisotopic (exact) mass is 475 g/mol. The van der Waals surface area contributed by atoms with Crippen molar-refractivity contribution in [3.63, 3.8) is 0 Å². The number of hydrogen-bond acceptors (Lipinski definition) is 6. The summed E-state index contributed by atoms with van der Waals surface area (Å²) < 4.78 is 120. The lowest BCUT2D eigenvalue weighted by atomic mass is 10.1. The van der Waals surface area contributed by atoms with E-state index in [0.29, 0.717) is 12.8 Å². The first-order valence-corrected chi connectivity index (χ1v) is 13.2. The fourth-order valence-electron chi connectivity index (χ4n) is 2.81. The third-order valence-electron chi connectivity index (χ3n) is 4.66. The van der Waals surface area contributed by atoms with Gasteiger partial charge in [-0.05, 0) is 25.1 Å². The van der Waals surface area contributed by atoms with Crippen molar-refractivity contribution >= 4 is 24.4 Å². The SMILES string of the molecule is CCCC(CCCC(=O)OC(CS(=O)(=O)[O-])(C(F)(F)F)C(F)(F)F)[Si](C)(C)OC. The molecule has 0 fully saturated rings. The Hall–Kier alpha value is -0.863. The normalized spacial score (nSPS) is 15.3. The van der Waals surface area contributed by atoms with E-state index >= 15 is 0 Å². The van der Waals surface area contributed by atoms with E-state index in [9.17, 15) is 44.1 Å². The third-order valence-corrected chi connectivity index (χ3v) is 9.02. The second kappa shape index (κ2) is 9.96. The molecule has 29 heavy (non-hydrogen) atoms. The van der Waals surface area contributed by atoms with Crippen LogP contribution in [0.5, 0.6) is 0 Å². The van der Waals surface area contributed by atoms with Gasteiger partial charge >= 0.3 is 23.9 Å². The minimum Gasteiger partial charge on any atom is -0.748 e. The lowest BCUT2D eigenvalue weighted by Crippen LogP contribution is -2.63. The first kappa shape index (κ1) is 28.1. The molecule has 0 aromatic carbocycles. The summed E-state index contributed by atoms with van der Waals surface area (Å²) in [5.41, 5.74) is -5.41. The molecule has 0 aromatic heterocycles. The number of halogens is 6. The van der Waals surface area contributed by atoms with Gasteiger partial charge in [-0.15, -0.1) is 0 Å². The van der Waals surface area contributed by atoms with Crippen molar-refractivity contribution in [2.24, 2.45) is 0 Å². The van der Waals surface area contributed by atoms with Crippen LogP contribution in [-0.4, -0.2) is 58.1 Å². The number of ether oxygens (including phenoxy) is 1. The molecule has 14 heteroatoms. The van der Waals surface area contributed by atoms with Gasteiger partial charge in [0.2, 0.25) is 0 Å². The third kappa shape index (κ3) is 8.06. The van der Waals surface area contributed by atoms with E-state index in [2.05, 4.69) is 4.74 Å². The molecular weight excluding hydrogens is 450 g/mol. The van der Waals surface area contributed by atoms with Crippen molar-refractivity contribution in [2.45, 2.75) is 75.6 Å². The zero-order valence-corrected chi connectivity index (χ0v) is 18.3. The Kier molecular flexibility index (Phi) is 9.67. The van der Waals surface area contributed by atoms with Gasteiger partial charge in [-0.1, -0.05) is 26.2 Å². The zero-order chi connectivity index (χ0) is 23.3. The van der Waals surface area contributed by atoms with E-state index in [1.54, 1.807) is 0 Å². The van der Waals surface area contributed by atoms with Crippen LogP contribution in [0.3, 0.4) is 0 Å². The van der Waals surface area contributed by atoms with E-state index in [1.807, 2.05) is 20.0 Å². The maximum atomic E-state index is 13.1. The summed E-state index contributed by atoms with van der Waals surface area (Å²) in [5, 5.41) is 0. The summed E-state index contributed by atoms with van der Waals surface area (Å²) in [6.45, 7) is 5.68. The average molecular weight is 476 g/mol. The van der Waals surface area contributed by atoms with Crippen molar-refractivity contribution in [2.75, 3.05) is 12.9 Å². The fourth-order valence-corrected chi connectivity index (χ4v) is 5.91. The number of hydrogen-bond donors (Lipinski definition) is 0. The van der Waals surface area contributed by atoms with Crippen LogP contribution in [0.1, 0.15) is 39.0 Å². The summed E-state index contributed by atoms with van der Waals surface area (Å²) in [6.07, 6.45) is -11.8. The molecule has 1 atom stereocenters. The van der Waals surface area contributed by atoms with Gasteiger partial charge in [-0.2, -0.15) is 26.3 Å². The van der Waals surface area contributed by atoms with Gasteiger partial charge in [-0.25, -0.2) is 8.42 Å². The molecule has 0 aliphatic carbocycles. The maximum absolute atomic E-state index is 13.1. The van der Waals surface area contributed by atoms with E-state index in [1.165, 1.54) is 7.11 Å². The van der Waals surface area contributed by atoms with Crippen LogP contribution in [0.15, 0.2) is 0 Å². The molecule has 0 bridgehead atoms. The number of rotatable bonds is 11. The Morgan fingerprint density at radius 3 is 1.90 bits per heavy atom. The smallest absolute Gasteiger partial charge is 0.438 e. The Balaban J connectivity index is 5.45. The minimum absolute atomic E-state index is 0.00214. The van der Waals surface area contributed by atoms with E-state index in [0.717, 1.165) is 6.42 Å². The summed E-state index contributed by atoms with van der Waals surface area (Å²) in [5.74, 6) is -4.88. The highest BCUT2D eigenvalue weighted by Gasteiger charge is 2.75. The van der Waals surface area contributed by atoms with Crippen LogP contribution in [0.25, 0.3) is 0 Å². The highest BCUT2D eigenvalue weighted by atomic mass is 32.2. The molecule has 1 unspecified atom stereocenters. The van der Waals surface area contributed by atoms with Gasteiger partial charge in [-0.3, -0.25) is 4.79 Å². The summed E-state index contributed by atoms with van der Waals surface area (Å²) in [6, 6.07) is 0. The van der Waals surface area contributed by atoms with Crippen LogP contribution in [0.2, 0.25) is 18.6 Å². The van der Waals surface area contributed by atoms with Crippen molar-refractivity contribution in [3.8, 4) is 0 Å². The lowest BCUT2D eigenvalue weighted by Gasteiger charge is -2.37. The summed E-state index contributed by atoms with van der Waals surface area (Å²) >= 11 is 0. The van der Waals surface area contributed by atoms with E-state index in [-0.39, 0.29) is 12.0 Å². The van der Waals surface area contributed by atoms with Crippen molar-refractivity contribution < 1.29 is 53.3 Å². The fraction of sp³-hybridized carbons (Fsp3) is 0.933. The number of alkyl halides is 6. The number of carbonyl (C=O) groups excluding carboxylic acids is 1. The van der Waals surface area contributed by atoms with Crippen LogP contribution in [0, 0.1) is 0 Å². The summed E-state index contributed by atoms with van der Waals surface area (Å²) in [7, 11) is -6.70. The topological polar surface area (TPSA) is 92.7 Å². The number of esters is 1. The largest absolute Gasteiger partial charge is 0.748 e. The summed E-state index contributed by atoms with van der Waals surface area (Å²) in [4.78, 5) is 11.8. The van der Waals surface area contributed by atoms with Crippen LogP contribution in [-0.2, 0) is 24.1 Å². The lowest BCUT2D eigenvalue weighted by molar-refractivity contribution is -0.361. The second-order valence-corrected chi connectivity index (χ2v) is 13.0. The molecule has 0 N–H and O–H groups in total. The standard InChI is InChI=1S/C15H26F6O6SSi/c1-5-7-11(29(3,4)26-2)8-6-9-12(22)27-13(14(16,17)18,15(19,20)21)10-28(23,24)25/h11H,5-10H2,1-4H3,(H,23,24,25)/p-1. The Bertz CT molecular complexity index is 633. The quantitative estimate of drug-likeness (QED) is 0.193. The Morgan fingerprint density at radius 1 is 1.07 bits per heavy atom. The Labute approximate surface area is 166 Å². The first-order valence-electron chi connectivity index (χ1n) is 8.67. The molecule has 6 nitrogen and oxygen atoms in total. The second-order valence-electron chi connectivity index (χ2n) is 7.18. The van der Waals surface area contributed by atoms with Crippen LogP contribution >= 0.6 is 0 Å². The van der Waals surface area contributed by atoms with Gasteiger partial charge in [0.25, 0.3) is 0 Å². The molecule has 0 amide bonds. The van der Waals surface area contributed by atoms with Crippen LogP contribution < -0.4 is 0 Å². The van der Waals surface area contributed by atoms with E-state index in [4.69, 9.17) is 4.43 Å². The molecule has 0 aromatic rings. The minimum atomic E-state index is -6.35. The Morgan fingerprint density at radius 2 is 1.55 bits per heavy atom. The van der Waals surface area contributed by atoms with Crippen LogP contribution in [0.4, 0.5) is 26.3 Å². The average Bonchev–Trinajstić information content (AvgIpc) is 2.49. The number of carbonyl (C=O) groups is 1. The molecule has 0 aliphatic heterocycles. The molecule has 174 valence electrons. The molecule has 0 spiro atoms. The predicted molar refractivity (Wildman–Crippen MR) is 92.5 cm³/mol. The predicted octanol–water partition coefficient (Wildman–Crippen LogP) is 4.13. The molecule has 0 saturated heterocycles. The highest BCUT2D eigenvalue weighted by Crippen LogP contribution is 2.47. The molecule has 0 rings (SSSR count). The van der Waals surface area contributed by atoms with Crippen molar-refractivity contribution in [1.29, 1.82) is 0 Å². The van der Waals surface area contributed by atoms with Crippen molar-refractivity contribution in [3.05, 3.63) is 0 Å². The molecular formula is C15H25F6O6SSi-. The first-order chi connectivity index (χ1) is 12.8.